The number of hydrogen-bond donors (Lipinski definition) is 2. The molecule has 0 radical (unpaired) electrons. The summed E-state index contributed by atoms with van der Waals surface area (Å²) in [4.78, 5) is 10.7. The predicted molar refractivity (Wildman–Crippen MR) is 71.6 cm³/mol. The first-order chi connectivity index (χ1) is 9.05. The SMILES string of the molecule is COC1CN(c2nc(C)cc(C(=N)N)n2)CC1OC. The maximum atomic E-state index is 7.47. The molecule has 7 heteroatoms. The summed E-state index contributed by atoms with van der Waals surface area (Å²) in [6, 6.07) is 1.70. The summed E-state index contributed by atoms with van der Waals surface area (Å²) in [5.74, 6) is 0.504. The molecule has 2 unspecified atom stereocenters. The summed E-state index contributed by atoms with van der Waals surface area (Å²) in [7, 11) is 3.33. The van der Waals surface area contributed by atoms with Crippen LogP contribution in [0.25, 0.3) is 0 Å². The topological polar surface area (TPSA) is 97.4 Å². The van der Waals surface area contributed by atoms with Gasteiger partial charge in [-0.15, -0.1) is 0 Å². The Balaban J connectivity index is 2.25. The smallest absolute Gasteiger partial charge is 0.226 e. The van der Waals surface area contributed by atoms with Gasteiger partial charge >= 0.3 is 0 Å². The summed E-state index contributed by atoms with van der Waals surface area (Å²) in [5, 5.41) is 7.47. The van der Waals surface area contributed by atoms with Crippen LogP contribution in [-0.4, -0.2) is 55.3 Å². The zero-order chi connectivity index (χ0) is 14.0. The first-order valence-corrected chi connectivity index (χ1v) is 6.05. The lowest BCUT2D eigenvalue weighted by Gasteiger charge is -2.16. The van der Waals surface area contributed by atoms with Gasteiger partial charge in [0, 0.05) is 33.0 Å². The number of nitrogens with zero attached hydrogens (tertiary/aromatic N) is 3. The highest BCUT2D eigenvalue weighted by Gasteiger charge is 2.34. The number of amidine groups is 1. The molecule has 1 fully saturated rings. The largest absolute Gasteiger partial charge is 0.382 e. The van der Waals surface area contributed by atoms with Gasteiger partial charge in [-0.2, -0.15) is 0 Å². The zero-order valence-corrected chi connectivity index (χ0v) is 11.4. The molecule has 0 aromatic carbocycles. The lowest BCUT2D eigenvalue weighted by atomic mass is 10.3. The number of nitrogens with two attached hydrogens (primary N) is 1. The van der Waals surface area contributed by atoms with Crippen LogP contribution >= 0.6 is 0 Å². The van der Waals surface area contributed by atoms with E-state index in [0.717, 1.165) is 5.69 Å². The Morgan fingerprint density at radius 2 is 1.89 bits per heavy atom. The van der Waals surface area contributed by atoms with Crippen molar-refractivity contribution >= 4 is 11.8 Å². The number of methoxy groups -OCH3 is 2. The van der Waals surface area contributed by atoms with Crippen molar-refractivity contribution in [3.8, 4) is 0 Å². The molecular formula is C12H19N5O2. The third-order valence-corrected chi connectivity index (χ3v) is 3.22. The molecule has 1 aromatic rings. The van der Waals surface area contributed by atoms with Gasteiger partial charge in [-0.1, -0.05) is 0 Å². The Labute approximate surface area is 112 Å². The Hall–Kier alpha value is -1.73. The van der Waals surface area contributed by atoms with Crippen LogP contribution < -0.4 is 10.6 Å². The third-order valence-electron chi connectivity index (χ3n) is 3.22. The third kappa shape index (κ3) is 2.82. The summed E-state index contributed by atoms with van der Waals surface area (Å²) in [6.07, 6.45) is -0.00946. The van der Waals surface area contributed by atoms with Gasteiger partial charge in [-0.3, -0.25) is 5.41 Å². The Bertz CT molecular complexity index is 467. The molecule has 2 rings (SSSR count). The molecule has 1 aromatic heterocycles. The summed E-state index contributed by atoms with van der Waals surface area (Å²) in [5.41, 5.74) is 6.71. The Morgan fingerprint density at radius 3 is 2.37 bits per heavy atom. The van der Waals surface area contributed by atoms with E-state index in [-0.39, 0.29) is 18.0 Å². The molecule has 3 N–H and O–H groups in total. The molecule has 0 saturated carbocycles. The van der Waals surface area contributed by atoms with Gasteiger partial charge in [-0.05, 0) is 13.0 Å². The molecule has 1 aliphatic rings. The van der Waals surface area contributed by atoms with Gasteiger partial charge in [0.1, 0.15) is 23.7 Å². The molecule has 2 heterocycles. The second-order valence-corrected chi connectivity index (χ2v) is 4.56. The quantitative estimate of drug-likeness (QED) is 0.583. The minimum absolute atomic E-state index is 0.00473. The summed E-state index contributed by atoms with van der Waals surface area (Å²) in [6.45, 7) is 3.18. The number of anilines is 1. The van der Waals surface area contributed by atoms with Crippen molar-refractivity contribution < 1.29 is 9.47 Å². The van der Waals surface area contributed by atoms with E-state index in [1.54, 1.807) is 20.3 Å². The number of rotatable bonds is 4. The van der Waals surface area contributed by atoms with Crippen molar-refractivity contribution in [1.82, 2.24) is 9.97 Å². The van der Waals surface area contributed by atoms with Crippen LogP contribution in [0.15, 0.2) is 6.07 Å². The average molecular weight is 265 g/mol. The summed E-state index contributed by atoms with van der Waals surface area (Å²) < 4.78 is 10.8. The van der Waals surface area contributed by atoms with E-state index < -0.39 is 0 Å². The van der Waals surface area contributed by atoms with Gasteiger partial charge < -0.3 is 20.1 Å². The van der Waals surface area contributed by atoms with Crippen molar-refractivity contribution in [2.45, 2.75) is 19.1 Å². The molecule has 0 amide bonds. The second-order valence-electron chi connectivity index (χ2n) is 4.56. The van der Waals surface area contributed by atoms with E-state index >= 15 is 0 Å². The second kappa shape index (κ2) is 5.50. The maximum absolute atomic E-state index is 7.47. The fraction of sp³-hybridized carbons (Fsp3) is 0.583. The molecular weight excluding hydrogens is 246 g/mol. The monoisotopic (exact) mass is 265 g/mol. The van der Waals surface area contributed by atoms with Gasteiger partial charge in [0.15, 0.2) is 0 Å². The molecule has 0 spiro atoms. The number of nitrogens with one attached hydrogen (secondary N) is 1. The van der Waals surface area contributed by atoms with Crippen LogP contribution in [-0.2, 0) is 9.47 Å². The van der Waals surface area contributed by atoms with E-state index in [0.29, 0.717) is 24.7 Å². The van der Waals surface area contributed by atoms with Crippen LogP contribution in [0.4, 0.5) is 5.95 Å². The fourth-order valence-electron chi connectivity index (χ4n) is 2.19. The van der Waals surface area contributed by atoms with E-state index in [9.17, 15) is 0 Å². The van der Waals surface area contributed by atoms with Crippen LogP contribution in [0.3, 0.4) is 0 Å². The number of nitrogen functional groups attached to an aromatic ring is 1. The lowest BCUT2D eigenvalue weighted by Crippen LogP contribution is -2.27. The Morgan fingerprint density at radius 1 is 1.32 bits per heavy atom. The molecule has 1 saturated heterocycles. The predicted octanol–water partition coefficient (Wildman–Crippen LogP) is -0.0809. The minimum Gasteiger partial charge on any atom is -0.382 e. The highest BCUT2D eigenvalue weighted by molar-refractivity contribution is 5.93. The van der Waals surface area contributed by atoms with Gasteiger partial charge in [0.2, 0.25) is 5.95 Å². The van der Waals surface area contributed by atoms with E-state index in [4.69, 9.17) is 20.6 Å². The van der Waals surface area contributed by atoms with Crippen molar-refractivity contribution in [3.05, 3.63) is 17.5 Å². The molecule has 7 nitrogen and oxygen atoms in total. The van der Waals surface area contributed by atoms with Crippen LogP contribution in [0.5, 0.6) is 0 Å². The number of aromatic nitrogens is 2. The highest BCUT2D eigenvalue weighted by Crippen LogP contribution is 2.20. The minimum atomic E-state index is -0.0578. The fourth-order valence-corrected chi connectivity index (χ4v) is 2.19. The first-order valence-electron chi connectivity index (χ1n) is 6.05. The van der Waals surface area contributed by atoms with Crippen molar-refractivity contribution in [3.63, 3.8) is 0 Å². The molecule has 2 atom stereocenters. The average Bonchev–Trinajstić information content (AvgIpc) is 2.81. The first kappa shape index (κ1) is 13.7. The van der Waals surface area contributed by atoms with Gasteiger partial charge in [0.05, 0.1) is 0 Å². The zero-order valence-electron chi connectivity index (χ0n) is 11.4. The number of ether oxygens (including phenoxy) is 2. The van der Waals surface area contributed by atoms with Crippen molar-refractivity contribution in [2.75, 3.05) is 32.2 Å². The van der Waals surface area contributed by atoms with Crippen LogP contribution in [0, 0.1) is 12.3 Å². The normalized spacial score (nSPS) is 22.8. The van der Waals surface area contributed by atoms with Gasteiger partial charge in [-0.25, -0.2) is 9.97 Å². The highest BCUT2D eigenvalue weighted by atomic mass is 16.5. The number of hydrogen-bond acceptors (Lipinski definition) is 6. The lowest BCUT2D eigenvalue weighted by molar-refractivity contribution is -0.00461. The van der Waals surface area contributed by atoms with Crippen molar-refractivity contribution in [1.29, 1.82) is 5.41 Å². The van der Waals surface area contributed by atoms with E-state index in [1.807, 2.05) is 11.8 Å². The Kier molecular flexibility index (Phi) is 3.96. The molecule has 19 heavy (non-hydrogen) atoms. The maximum Gasteiger partial charge on any atom is 0.226 e. The molecule has 0 bridgehead atoms. The van der Waals surface area contributed by atoms with E-state index in [1.165, 1.54) is 0 Å². The summed E-state index contributed by atoms with van der Waals surface area (Å²) >= 11 is 0. The van der Waals surface area contributed by atoms with Gasteiger partial charge in [0.25, 0.3) is 0 Å². The molecule has 0 aliphatic carbocycles. The molecule has 104 valence electrons. The standard InChI is InChI=1S/C12H19N5O2/c1-7-4-8(11(13)14)16-12(15-7)17-5-9(18-2)10(6-17)19-3/h4,9-10H,5-6H2,1-3H3,(H3,13,14). The van der Waals surface area contributed by atoms with E-state index in [2.05, 4.69) is 9.97 Å². The van der Waals surface area contributed by atoms with Crippen LogP contribution in [0.1, 0.15) is 11.4 Å². The van der Waals surface area contributed by atoms with Crippen molar-refractivity contribution in [2.24, 2.45) is 5.73 Å². The number of aryl methyl sites for hydroxylation is 1. The molecule has 1 aliphatic heterocycles. The van der Waals surface area contributed by atoms with Crippen LogP contribution in [0.2, 0.25) is 0 Å².